The lowest BCUT2D eigenvalue weighted by atomic mass is 10.2. The Morgan fingerprint density at radius 1 is 1.03 bits per heavy atom. The van der Waals surface area contributed by atoms with E-state index >= 15 is 0 Å². The Morgan fingerprint density at radius 3 is 2.52 bits per heavy atom. The highest BCUT2D eigenvalue weighted by Gasteiger charge is 2.32. The second-order valence-electron chi connectivity index (χ2n) is 7.00. The van der Waals surface area contributed by atoms with Gasteiger partial charge in [0, 0.05) is 12.2 Å². The molecule has 0 unspecified atom stereocenters. The predicted molar refractivity (Wildman–Crippen MR) is 104 cm³/mol. The zero-order chi connectivity index (χ0) is 22.0. The van der Waals surface area contributed by atoms with Crippen molar-refractivity contribution >= 4 is 17.6 Å². The third kappa shape index (κ3) is 5.22. The van der Waals surface area contributed by atoms with Gasteiger partial charge in [-0.05, 0) is 49.1 Å². The van der Waals surface area contributed by atoms with Gasteiger partial charge in [-0.2, -0.15) is 33.4 Å². The molecule has 7 nitrogen and oxygen atoms in total. The number of nitriles is 1. The first-order chi connectivity index (χ1) is 14.8. The molecule has 31 heavy (non-hydrogen) atoms. The summed E-state index contributed by atoms with van der Waals surface area (Å²) in [5.74, 6) is -0.113. The van der Waals surface area contributed by atoms with Crippen LogP contribution in [0.4, 0.5) is 35.1 Å². The number of anilines is 3. The van der Waals surface area contributed by atoms with Crippen molar-refractivity contribution in [1.82, 2.24) is 19.9 Å². The standard InChI is InChI=1S/C20H15F4N7/c21-13-6-12(9-25)7-14(8-13)27-19-30-17(29-18(31-19)26-10-11-4-5-11)15-2-1-3-16(28-15)20(22,23)24/h1-3,6-8,11H,4-5,10H2,(H2,26,27,29,30,31). The number of rotatable bonds is 6. The molecule has 11 heteroatoms. The minimum atomic E-state index is -4.62. The van der Waals surface area contributed by atoms with Crippen molar-refractivity contribution < 1.29 is 17.6 Å². The maximum absolute atomic E-state index is 13.7. The second kappa shape index (κ2) is 8.14. The Labute approximate surface area is 174 Å². The van der Waals surface area contributed by atoms with Gasteiger partial charge in [0.05, 0.1) is 11.6 Å². The van der Waals surface area contributed by atoms with Gasteiger partial charge in [-0.1, -0.05) is 6.07 Å². The van der Waals surface area contributed by atoms with E-state index in [2.05, 4.69) is 30.6 Å². The van der Waals surface area contributed by atoms with E-state index in [9.17, 15) is 17.6 Å². The first kappa shape index (κ1) is 20.5. The minimum Gasteiger partial charge on any atom is -0.354 e. The summed E-state index contributed by atoms with van der Waals surface area (Å²) in [6.07, 6.45) is -2.47. The summed E-state index contributed by atoms with van der Waals surface area (Å²) >= 11 is 0. The van der Waals surface area contributed by atoms with Gasteiger partial charge in [0.2, 0.25) is 11.9 Å². The normalized spacial score (nSPS) is 13.5. The Bertz CT molecular complexity index is 1150. The highest BCUT2D eigenvalue weighted by Crippen LogP contribution is 2.30. The highest BCUT2D eigenvalue weighted by molar-refractivity contribution is 5.60. The summed E-state index contributed by atoms with van der Waals surface area (Å²) in [5, 5.41) is 14.8. The smallest absolute Gasteiger partial charge is 0.354 e. The lowest BCUT2D eigenvalue weighted by molar-refractivity contribution is -0.141. The van der Waals surface area contributed by atoms with E-state index in [0.29, 0.717) is 12.5 Å². The van der Waals surface area contributed by atoms with Crippen LogP contribution in [0.1, 0.15) is 24.1 Å². The second-order valence-corrected chi connectivity index (χ2v) is 7.00. The fraction of sp³-hybridized carbons (Fsp3) is 0.250. The van der Waals surface area contributed by atoms with Crippen LogP contribution in [0.3, 0.4) is 0 Å². The molecule has 1 aliphatic rings. The molecule has 3 aromatic rings. The van der Waals surface area contributed by atoms with Gasteiger partial charge in [0.1, 0.15) is 17.2 Å². The third-order valence-corrected chi connectivity index (χ3v) is 4.43. The number of nitrogens with zero attached hydrogens (tertiary/aromatic N) is 5. The molecule has 0 spiro atoms. The summed E-state index contributed by atoms with van der Waals surface area (Å²) in [4.78, 5) is 16.2. The maximum atomic E-state index is 13.7. The third-order valence-electron chi connectivity index (χ3n) is 4.43. The average Bonchev–Trinajstić information content (AvgIpc) is 3.56. The summed E-state index contributed by atoms with van der Waals surface area (Å²) in [6, 6.07) is 8.87. The van der Waals surface area contributed by atoms with Crippen molar-refractivity contribution in [3.8, 4) is 17.6 Å². The van der Waals surface area contributed by atoms with Crippen molar-refractivity contribution in [2.75, 3.05) is 17.2 Å². The summed E-state index contributed by atoms with van der Waals surface area (Å²) in [7, 11) is 0. The van der Waals surface area contributed by atoms with Crippen molar-refractivity contribution in [2.24, 2.45) is 5.92 Å². The van der Waals surface area contributed by atoms with Crippen molar-refractivity contribution in [3.63, 3.8) is 0 Å². The number of nitrogens with one attached hydrogen (secondary N) is 2. The molecule has 1 aliphatic carbocycles. The van der Waals surface area contributed by atoms with E-state index in [4.69, 9.17) is 5.26 Å². The van der Waals surface area contributed by atoms with Gasteiger partial charge in [-0.25, -0.2) is 9.37 Å². The molecule has 1 fully saturated rings. The van der Waals surface area contributed by atoms with Crippen LogP contribution in [-0.4, -0.2) is 26.5 Å². The van der Waals surface area contributed by atoms with Crippen LogP contribution in [0.15, 0.2) is 36.4 Å². The molecule has 0 atom stereocenters. The van der Waals surface area contributed by atoms with E-state index in [1.165, 1.54) is 18.2 Å². The Balaban J connectivity index is 1.71. The zero-order valence-electron chi connectivity index (χ0n) is 15.9. The summed E-state index contributed by atoms with van der Waals surface area (Å²) < 4.78 is 52.9. The van der Waals surface area contributed by atoms with E-state index in [0.717, 1.165) is 31.0 Å². The predicted octanol–water partition coefficient (Wildman–Crippen LogP) is 4.53. The first-order valence-electron chi connectivity index (χ1n) is 9.32. The fourth-order valence-electron chi connectivity index (χ4n) is 2.76. The Hall–Kier alpha value is -3.81. The molecule has 0 bridgehead atoms. The van der Waals surface area contributed by atoms with Crippen LogP contribution >= 0.6 is 0 Å². The number of halogens is 4. The number of pyridine rings is 1. The van der Waals surface area contributed by atoms with Gasteiger partial charge in [0.15, 0.2) is 5.82 Å². The number of benzene rings is 1. The van der Waals surface area contributed by atoms with Gasteiger partial charge < -0.3 is 10.6 Å². The highest BCUT2D eigenvalue weighted by atomic mass is 19.4. The van der Waals surface area contributed by atoms with Crippen LogP contribution in [0.25, 0.3) is 11.5 Å². The number of hydrogen-bond donors (Lipinski definition) is 2. The Kier molecular flexibility index (Phi) is 5.37. The maximum Gasteiger partial charge on any atom is 0.433 e. The SMILES string of the molecule is N#Cc1cc(F)cc(Nc2nc(NCC3CC3)nc(-c3cccc(C(F)(F)F)n3)n2)c1. The molecule has 0 amide bonds. The molecule has 0 radical (unpaired) electrons. The van der Waals surface area contributed by atoms with Crippen LogP contribution in [0.5, 0.6) is 0 Å². The molecule has 0 saturated heterocycles. The minimum absolute atomic E-state index is 0.0306. The molecular weight excluding hydrogens is 414 g/mol. The monoisotopic (exact) mass is 429 g/mol. The van der Waals surface area contributed by atoms with Gasteiger partial charge in [0.25, 0.3) is 0 Å². The quantitative estimate of drug-likeness (QED) is 0.556. The van der Waals surface area contributed by atoms with E-state index in [-0.39, 0.29) is 34.7 Å². The fourth-order valence-corrected chi connectivity index (χ4v) is 2.76. The number of hydrogen-bond acceptors (Lipinski definition) is 7. The van der Waals surface area contributed by atoms with Crippen molar-refractivity contribution in [3.05, 3.63) is 53.5 Å². The lowest BCUT2D eigenvalue weighted by Gasteiger charge is -2.11. The summed E-state index contributed by atoms with van der Waals surface area (Å²) in [6.45, 7) is 0.609. The Morgan fingerprint density at radius 2 is 1.81 bits per heavy atom. The lowest BCUT2D eigenvalue weighted by Crippen LogP contribution is -2.12. The zero-order valence-corrected chi connectivity index (χ0v) is 15.9. The molecule has 1 saturated carbocycles. The van der Waals surface area contributed by atoms with Gasteiger partial charge >= 0.3 is 6.18 Å². The molecule has 2 N–H and O–H groups in total. The van der Waals surface area contributed by atoms with Crippen LogP contribution in [-0.2, 0) is 6.18 Å². The van der Waals surface area contributed by atoms with Gasteiger partial charge in [-0.3, -0.25) is 0 Å². The van der Waals surface area contributed by atoms with E-state index in [1.54, 1.807) is 0 Å². The van der Waals surface area contributed by atoms with Crippen LogP contribution in [0, 0.1) is 23.1 Å². The van der Waals surface area contributed by atoms with Crippen LogP contribution in [0.2, 0.25) is 0 Å². The van der Waals surface area contributed by atoms with E-state index < -0.39 is 17.7 Å². The molecule has 4 rings (SSSR count). The topological polar surface area (TPSA) is 99.4 Å². The van der Waals surface area contributed by atoms with Gasteiger partial charge in [-0.15, -0.1) is 0 Å². The first-order valence-corrected chi connectivity index (χ1v) is 9.32. The summed E-state index contributed by atoms with van der Waals surface area (Å²) in [5.41, 5.74) is -0.870. The largest absolute Gasteiger partial charge is 0.433 e. The average molecular weight is 429 g/mol. The molecular formula is C20H15F4N7. The number of alkyl halides is 3. The molecule has 158 valence electrons. The van der Waals surface area contributed by atoms with Crippen molar-refractivity contribution in [1.29, 1.82) is 5.26 Å². The molecule has 2 heterocycles. The molecule has 1 aromatic carbocycles. The van der Waals surface area contributed by atoms with Crippen molar-refractivity contribution in [2.45, 2.75) is 19.0 Å². The molecule has 2 aromatic heterocycles. The van der Waals surface area contributed by atoms with Crippen LogP contribution < -0.4 is 10.6 Å². The number of aromatic nitrogens is 4. The van der Waals surface area contributed by atoms with E-state index in [1.807, 2.05) is 6.07 Å². The molecule has 0 aliphatic heterocycles.